The second-order valence-corrected chi connectivity index (χ2v) is 4.71. The Hall–Kier alpha value is -1.48. The van der Waals surface area contributed by atoms with Crippen molar-refractivity contribution >= 4 is 11.0 Å². The van der Waals surface area contributed by atoms with Gasteiger partial charge in [-0.3, -0.25) is 0 Å². The van der Waals surface area contributed by atoms with Gasteiger partial charge < -0.3 is 14.4 Å². The van der Waals surface area contributed by atoms with Crippen LogP contribution in [-0.4, -0.2) is 29.6 Å². The molecule has 1 aromatic carbocycles. The Morgan fingerprint density at radius 2 is 2.06 bits per heavy atom. The lowest BCUT2D eigenvalue weighted by molar-refractivity contribution is 0.343. The number of fused-ring (bicyclic) bond motifs is 1. The van der Waals surface area contributed by atoms with Crippen molar-refractivity contribution < 1.29 is 9.52 Å². The Morgan fingerprint density at radius 1 is 1.24 bits per heavy atom. The first-order valence-electron chi connectivity index (χ1n) is 6.25. The molecular weight excluding hydrogens is 214 g/mol. The molecule has 1 aliphatic rings. The van der Waals surface area contributed by atoms with Crippen molar-refractivity contribution in [3.8, 4) is 5.75 Å². The number of phenolic OH excluding ortho intramolecular Hbond substituents is 1. The third kappa shape index (κ3) is 2.03. The molecule has 1 aliphatic heterocycles. The van der Waals surface area contributed by atoms with Crippen molar-refractivity contribution in [2.75, 3.05) is 19.6 Å². The fourth-order valence-corrected chi connectivity index (χ4v) is 2.57. The van der Waals surface area contributed by atoms with Crippen molar-refractivity contribution in [3.63, 3.8) is 0 Å². The van der Waals surface area contributed by atoms with E-state index in [0.29, 0.717) is 5.58 Å². The molecule has 1 saturated heterocycles. The average Bonchev–Trinajstić information content (AvgIpc) is 2.95. The summed E-state index contributed by atoms with van der Waals surface area (Å²) in [5, 5.41) is 10.7. The Bertz CT molecular complexity index is 512. The molecule has 3 rings (SSSR count). The molecule has 0 bridgehead atoms. The minimum absolute atomic E-state index is 0.231. The number of furan rings is 1. The van der Waals surface area contributed by atoms with Gasteiger partial charge in [0.25, 0.3) is 0 Å². The van der Waals surface area contributed by atoms with Crippen molar-refractivity contribution in [1.82, 2.24) is 4.90 Å². The number of aromatic hydroxyl groups is 1. The molecule has 1 fully saturated rings. The highest BCUT2D eigenvalue weighted by atomic mass is 16.3. The van der Waals surface area contributed by atoms with Gasteiger partial charge in [0.05, 0.1) is 6.26 Å². The summed E-state index contributed by atoms with van der Waals surface area (Å²) in [6.45, 7) is 3.53. The molecular formula is C14H17NO2. The molecule has 0 radical (unpaired) electrons. The van der Waals surface area contributed by atoms with Gasteiger partial charge in [-0.2, -0.15) is 0 Å². The van der Waals surface area contributed by atoms with Gasteiger partial charge in [-0.15, -0.1) is 0 Å². The number of likely N-dealkylation sites (tertiary alicyclic amines) is 1. The van der Waals surface area contributed by atoms with E-state index in [1.807, 2.05) is 12.1 Å². The third-order valence-corrected chi connectivity index (χ3v) is 3.56. The largest absolute Gasteiger partial charge is 0.504 e. The van der Waals surface area contributed by atoms with Crippen LogP contribution in [0.15, 0.2) is 28.9 Å². The van der Waals surface area contributed by atoms with Crippen molar-refractivity contribution in [1.29, 1.82) is 0 Å². The lowest BCUT2D eigenvalue weighted by Gasteiger charge is -2.13. The second-order valence-electron chi connectivity index (χ2n) is 4.71. The molecule has 1 N–H and O–H groups in total. The quantitative estimate of drug-likeness (QED) is 0.882. The van der Waals surface area contributed by atoms with E-state index in [9.17, 15) is 5.11 Å². The highest BCUT2D eigenvalue weighted by Gasteiger charge is 2.13. The molecule has 17 heavy (non-hydrogen) atoms. The zero-order chi connectivity index (χ0) is 11.7. The standard InChI is InChI=1S/C14H17NO2/c16-13-5-3-4-12-11(10-17-14(12)13)6-9-15-7-1-2-8-15/h3-5,10,16H,1-2,6-9H2. The molecule has 3 heteroatoms. The topological polar surface area (TPSA) is 36.6 Å². The van der Waals surface area contributed by atoms with E-state index in [0.717, 1.165) is 18.4 Å². The summed E-state index contributed by atoms with van der Waals surface area (Å²) >= 11 is 0. The molecule has 0 atom stereocenters. The molecule has 0 spiro atoms. The van der Waals surface area contributed by atoms with E-state index in [1.54, 1.807) is 12.3 Å². The van der Waals surface area contributed by atoms with Gasteiger partial charge in [-0.1, -0.05) is 12.1 Å². The lowest BCUT2D eigenvalue weighted by Crippen LogP contribution is -2.21. The monoisotopic (exact) mass is 231 g/mol. The number of hydrogen-bond acceptors (Lipinski definition) is 3. The van der Waals surface area contributed by atoms with Crippen LogP contribution in [-0.2, 0) is 6.42 Å². The maximum atomic E-state index is 9.66. The highest BCUT2D eigenvalue weighted by molar-refractivity contribution is 5.85. The maximum Gasteiger partial charge on any atom is 0.175 e. The van der Waals surface area contributed by atoms with Crippen LogP contribution in [0.2, 0.25) is 0 Å². The number of para-hydroxylation sites is 1. The predicted molar refractivity (Wildman–Crippen MR) is 67.3 cm³/mol. The summed E-state index contributed by atoms with van der Waals surface area (Å²) in [6.07, 6.45) is 5.43. The normalized spacial score (nSPS) is 16.9. The predicted octanol–water partition coefficient (Wildman–Crippen LogP) is 2.78. The summed E-state index contributed by atoms with van der Waals surface area (Å²) in [5.74, 6) is 0.231. The number of benzene rings is 1. The van der Waals surface area contributed by atoms with Gasteiger partial charge in [-0.25, -0.2) is 0 Å². The van der Waals surface area contributed by atoms with Gasteiger partial charge in [0.1, 0.15) is 0 Å². The molecule has 90 valence electrons. The van der Waals surface area contributed by atoms with E-state index < -0.39 is 0 Å². The maximum absolute atomic E-state index is 9.66. The zero-order valence-corrected chi connectivity index (χ0v) is 9.85. The van der Waals surface area contributed by atoms with E-state index in [1.165, 1.54) is 31.5 Å². The average molecular weight is 231 g/mol. The van der Waals surface area contributed by atoms with E-state index in [-0.39, 0.29) is 5.75 Å². The summed E-state index contributed by atoms with van der Waals surface area (Å²) in [7, 11) is 0. The number of rotatable bonds is 3. The lowest BCUT2D eigenvalue weighted by atomic mass is 10.1. The van der Waals surface area contributed by atoms with Crippen LogP contribution < -0.4 is 0 Å². The number of hydrogen-bond donors (Lipinski definition) is 1. The van der Waals surface area contributed by atoms with Gasteiger partial charge in [0, 0.05) is 11.9 Å². The minimum atomic E-state index is 0.231. The van der Waals surface area contributed by atoms with Crippen LogP contribution in [0.3, 0.4) is 0 Å². The second kappa shape index (κ2) is 4.41. The number of phenols is 1. The number of nitrogens with zero attached hydrogens (tertiary/aromatic N) is 1. The molecule has 0 saturated carbocycles. The van der Waals surface area contributed by atoms with Crippen LogP contribution in [0.4, 0.5) is 0 Å². The summed E-state index contributed by atoms with van der Waals surface area (Å²) < 4.78 is 5.43. The highest BCUT2D eigenvalue weighted by Crippen LogP contribution is 2.29. The molecule has 0 unspecified atom stereocenters. The van der Waals surface area contributed by atoms with Gasteiger partial charge in [-0.05, 0) is 44.0 Å². The smallest absolute Gasteiger partial charge is 0.175 e. The first-order valence-corrected chi connectivity index (χ1v) is 6.25. The van der Waals surface area contributed by atoms with Crippen LogP contribution in [0.1, 0.15) is 18.4 Å². The van der Waals surface area contributed by atoms with E-state index >= 15 is 0 Å². The van der Waals surface area contributed by atoms with E-state index in [4.69, 9.17) is 4.42 Å². The zero-order valence-electron chi connectivity index (χ0n) is 9.85. The Kier molecular flexibility index (Phi) is 2.77. The first-order chi connectivity index (χ1) is 8.34. The Balaban J connectivity index is 1.78. The fourth-order valence-electron chi connectivity index (χ4n) is 2.57. The van der Waals surface area contributed by atoms with E-state index in [2.05, 4.69) is 4.90 Å². The third-order valence-electron chi connectivity index (χ3n) is 3.56. The van der Waals surface area contributed by atoms with Gasteiger partial charge in [0.15, 0.2) is 11.3 Å². The first kappa shape index (κ1) is 10.7. The molecule has 2 aromatic rings. The molecule has 2 heterocycles. The molecule has 3 nitrogen and oxygen atoms in total. The van der Waals surface area contributed by atoms with Crippen LogP contribution in [0, 0.1) is 0 Å². The van der Waals surface area contributed by atoms with Crippen molar-refractivity contribution in [2.45, 2.75) is 19.3 Å². The summed E-state index contributed by atoms with van der Waals surface area (Å²) in [4.78, 5) is 2.49. The summed E-state index contributed by atoms with van der Waals surface area (Å²) in [5.41, 5.74) is 1.81. The fraction of sp³-hybridized carbons (Fsp3) is 0.429. The molecule has 0 aliphatic carbocycles. The Morgan fingerprint density at radius 3 is 2.88 bits per heavy atom. The SMILES string of the molecule is Oc1cccc2c(CCN3CCCC3)coc12. The van der Waals surface area contributed by atoms with Crippen molar-refractivity contribution in [2.24, 2.45) is 0 Å². The molecule has 1 aromatic heterocycles. The van der Waals surface area contributed by atoms with Gasteiger partial charge in [0.2, 0.25) is 0 Å². The van der Waals surface area contributed by atoms with Crippen LogP contribution in [0.5, 0.6) is 5.75 Å². The van der Waals surface area contributed by atoms with Gasteiger partial charge >= 0.3 is 0 Å². The van der Waals surface area contributed by atoms with Crippen molar-refractivity contribution in [3.05, 3.63) is 30.0 Å². The Labute approximate surface area is 101 Å². The van der Waals surface area contributed by atoms with Crippen LogP contribution >= 0.6 is 0 Å². The van der Waals surface area contributed by atoms with Crippen LogP contribution in [0.25, 0.3) is 11.0 Å². The molecule has 0 amide bonds. The minimum Gasteiger partial charge on any atom is -0.504 e. The summed E-state index contributed by atoms with van der Waals surface area (Å²) in [6, 6.07) is 5.54.